The Balaban J connectivity index is 1.90. The summed E-state index contributed by atoms with van der Waals surface area (Å²) < 4.78 is 77.4. The zero-order valence-corrected chi connectivity index (χ0v) is 15.3. The van der Waals surface area contributed by atoms with E-state index in [1.54, 1.807) is 12.1 Å². The summed E-state index contributed by atoms with van der Waals surface area (Å²) in [5, 5.41) is 7.87. The Morgan fingerprint density at radius 3 is 2.45 bits per heavy atom. The largest absolute Gasteiger partial charge is 0.417 e. The van der Waals surface area contributed by atoms with E-state index in [2.05, 4.69) is 10.3 Å². The number of halogens is 6. The first-order valence-corrected chi connectivity index (χ1v) is 9.04. The van der Waals surface area contributed by atoms with E-state index >= 15 is 0 Å². The third-order valence-electron chi connectivity index (χ3n) is 4.31. The first-order valence-electron chi connectivity index (χ1n) is 8.16. The Labute approximate surface area is 165 Å². The molecule has 1 aromatic heterocycles. The molecule has 1 aliphatic rings. The first-order chi connectivity index (χ1) is 13.5. The molecule has 0 bridgehead atoms. The Bertz CT molecular complexity index is 912. The fourth-order valence-corrected chi connectivity index (χ4v) is 3.09. The number of nitrogens with zero attached hydrogens (tertiary/aromatic N) is 2. The number of benzene rings is 1. The fourth-order valence-electron chi connectivity index (χ4n) is 2.74. The normalized spacial score (nSPS) is 15.2. The lowest BCUT2D eigenvalue weighted by Crippen LogP contribution is -2.54. The van der Waals surface area contributed by atoms with Crippen molar-refractivity contribution in [3.8, 4) is 0 Å². The molecule has 0 unspecified atom stereocenters. The second-order valence-corrected chi connectivity index (χ2v) is 7.04. The second kappa shape index (κ2) is 7.75. The highest BCUT2D eigenvalue weighted by Gasteiger charge is 2.48. The summed E-state index contributed by atoms with van der Waals surface area (Å²) in [7, 11) is 0. The summed E-state index contributed by atoms with van der Waals surface area (Å²) in [4.78, 5) is 18.0. The van der Waals surface area contributed by atoms with Gasteiger partial charge in [-0.15, -0.1) is 0 Å². The minimum absolute atomic E-state index is 0.236. The van der Waals surface area contributed by atoms with Crippen molar-refractivity contribution in [2.45, 2.75) is 17.2 Å². The van der Waals surface area contributed by atoms with E-state index in [0.717, 1.165) is 16.8 Å². The smallest absolute Gasteiger partial charge is 0.355 e. The molecular formula is C17H14F6N4OS. The Hall–Kier alpha value is -2.47. The minimum atomic E-state index is -4.76. The lowest BCUT2D eigenvalue weighted by atomic mass is 9.98. The summed E-state index contributed by atoms with van der Waals surface area (Å²) in [5.74, 6) is -2.78. The molecule has 1 fully saturated rings. The standard InChI is InChI=1S/C17H14F6N4OS/c18-16(19,20)9-4-13(15(28)26-11-2-1-3-12(5-11)29-24)14(25-6-9)27-7-10(8-27)17(21,22)23/h1-6,10H,7-8,24H2,(H,26,28). The van der Waals surface area contributed by atoms with E-state index in [4.69, 9.17) is 5.14 Å². The van der Waals surface area contributed by atoms with Crippen molar-refractivity contribution in [2.75, 3.05) is 23.3 Å². The lowest BCUT2D eigenvalue weighted by Gasteiger charge is -2.41. The molecule has 0 saturated carbocycles. The number of pyridine rings is 1. The van der Waals surface area contributed by atoms with Crippen molar-refractivity contribution in [2.24, 2.45) is 11.1 Å². The van der Waals surface area contributed by atoms with E-state index in [0.29, 0.717) is 17.2 Å². The molecule has 12 heteroatoms. The maximum absolute atomic E-state index is 13.1. The van der Waals surface area contributed by atoms with Gasteiger partial charge in [-0.2, -0.15) is 26.3 Å². The first kappa shape index (κ1) is 21.2. The molecule has 2 aromatic rings. The van der Waals surface area contributed by atoms with E-state index in [9.17, 15) is 31.1 Å². The SMILES string of the molecule is NSc1cccc(NC(=O)c2cc(C(F)(F)F)cnc2N2CC(C(F)(F)F)C2)c1. The molecule has 3 rings (SSSR count). The molecule has 1 amide bonds. The monoisotopic (exact) mass is 436 g/mol. The van der Waals surface area contributed by atoms with Crippen LogP contribution in [0.2, 0.25) is 0 Å². The fraction of sp³-hybridized carbons (Fsp3) is 0.294. The maximum Gasteiger partial charge on any atom is 0.417 e. The van der Waals surface area contributed by atoms with Gasteiger partial charge >= 0.3 is 12.4 Å². The van der Waals surface area contributed by atoms with Crippen molar-refractivity contribution >= 4 is 29.4 Å². The number of hydrogen-bond donors (Lipinski definition) is 2. The van der Waals surface area contributed by atoms with E-state index in [1.165, 1.54) is 12.1 Å². The van der Waals surface area contributed by atoms with Crippen molar-refractivity contribution < 1.29 is 31.1 Å². The van der Waals surface area contributed by atoms with Crippen LogP contribution in [0.4, 0.5) is 37.8 Å². The Kier molecular flexibility index (Phi) is 5.68. The second-order valence-electron chi connectivity index (χ2n) is 6.34. The molecular weight excluding hydrogens is 422 g/mol. The topological polar surface area (TPSA) is 71.2 Å². The van der Waals surface area contributed by atoms with Gasteiger partial charge in [-0.1, -0.05) is 6.07 Å². The van der Waals surface area contributed by atoms with E-state index in [-0.39, 0.29) is 11.5 Å². The van der Waals surface area contributed by atoms with Crippen LogP contribution in [-0.2, 0) is 6.18 Å². The molecule has 3 N–H and O–H groups in total. The van der Waals surface area contributed by atoms with Crippen molar-refractivity contribution in [3.63, 3.8) is 0 Å². The number of carbonyl (C=O) groups excluding carboxylic acids is 1. The van der Waals surface area contributed by atoms with Gasteiger partial charge in [-0.05, 0) is 36.2 Å². The summed E-state index contributed by atoms with van der Waals surface area (Å²) >= 11 is 0.908. The molecule has 29 heavy (non-hydrogen) atoms. The van der Waals surface area contributed by atoms with Crippen LogP contribution in [-0.4, -0.2) is 30.2 Å². The predicted octanol–water partition coefficient (Wildman–Crippen LogP) is 4.32. The zero-order valence-electron chi connectivity index (χ0n) is 14.5. The van der Waals surface area contributed by atoms with Gasteiger partial charge in [0.1, 0.15) is 5.82 Å². The summed E-state index contributed by atoms with van der Waals surface area (Å²) in [6.07, 6.45) is -8.69. The van der Waals surface area contributed by atoms with Crippen LogP contribution in [0.1, 0.15) is 15.9 Å². The van der Waals surface area contributed by atoms with Crippen LogP contribution in [0.3, 0.4) is 0 Å². The van der Waals surface area contributed by atoms with Crippen molar-refractivity contribution in [1.82, 2.24) is 4.98 Å². The van der Waals surface area contributed by atoms with Crippen LogP contribution >= 0.6 is 11.9 Å². The van der Waals surface area contributed by atoms with E-state index in [1.807, 2.05) is 0 Å². The van der Waals surface area contributed by atoms with Gasteiger partial charge < -0.3 is 10.2 Å². The molecule has 0 radical (unpaired) electrons. The Morgan fingerprint density at radius 2 is 1.86 bits per heavy atom. The number of rotatable bonds is 4. The summed E-state index contributed by atoms with van der Waals surface area (Å²) in [6, 6.07) is 6.84. The van der Waals surface area contributed by atoms with Crippen molar-refractivity contribution in [1.29, 1.82) is 0 Å². The highest BCUT2D eigenvalue weighted by atomic mass is 32.2. The van der Waals surface area contributed by atoms with Gasteiger partial charge in [-0.25, -0.2) is 4.98 Å². The van der Waals surface area contributed by atoms with Gasteiger partial charge in [0.25, 0.3) is 5.91 Å². The van der Waals surface area contributed by atoms with Crippen molar-refractivity contribution in [3.05, 3.63) is 47.7 Å². The average molecular weight is 436 g/mol. The molecule has 1 saturated heterocycles. The van der Waals surface area contributed by atoms with Crippen LogP contribution in [0.5, 0.6) is 0 Å². The zero-order chi connectivity index (χ0) is 21.4. The molecule has 1 aliphatic heterocycles. The Morgan fingerprint density at radius 1 is 1.17 bits per heavy atom. The van der Waals surface area contributed by atoms with Gasteiger partial charge in [-0.3, -0.25) is 9.93 Å². The highest BCUT2D eigenvalue weighted by Crippen LogP contribution is 2.38. The number of amides is 1. The number of aromatic nitrogens is 1. The third kappa shape index (κ3) is 4.75. The number of carbonyl (C=O) groups is 1. The van der Waals surface area contributed by atoms with Crippen LogP contribution in [0.25, 0.3) is 0 Å². The van der Waals surface area contributed by atoms with Gasteiger partial charge in [0.2, 0.25) is 0 Å². The molecule has 0 atom stereocenters. The number of anilines is 2. The third-order valence-corrected chi connectivity index (χ3v) is 4.84. The molecule has 156 valence electrons. The van der Waals surface area contributed by atoms with Gasteiger partial charge in [0.05, 0.1) is 17.0 Å². The molecule has 5 nitrogen and oxygen atoms in total. The molecule has 0 aliphatic carbocycles. The predicted molar refractivity (Wildman–Crippen MR) is 95.4 cm³/mol. The van der Waals surface area contributed by atoms with E-state index < -0.39 is 48.4 Å². The maximum atomic E-state index is 13.1. The summed E-state index contributed by atoms with van der Waals surface area (Å²) in [5.41, 5.74) is -1.37. The molecule has 0 spiro atoms. The number of hydrogen-bond acceptors (Lipinski definition) is 5. The van der Waals surface area contributed by atoms with Gasteiger partial charge in [0.15, 0.2) is 0 Å². The average Bonchev–Trinajstić information content (AvgIpc) is 2.58. The molecule has 1 aromatic carbocycles. The minimum Gasteiger partial charge on any atom is -0.355 e. The number of nitrogens with two attached hydrogens (primary N) is 1. The van der Waals surface area contributed by atoms with Crippen LogP contribution in [0, 0.1) is 5.92 Å². The van der Waals surface area contributed by atoms with Crippen LogP contribution < -0.4 is 15.4 Å². The number of nitrogens with one attached hydrogen (secondary N) is 1. The lowest BCUT2D eigenvalue weighted by molar-refractivity contribution is -0.180. The molecule has 2 heterocycles. The quantitative estimate of drug-likeness (QED) is 0.552. The number of alkyl halides is 6. The highest BCUT2D eigenvalue weighted by molar-refractivity contribution is 7.97. The van der Waals surface area contributed by atoms with Crippen LogP contribution in [0.15, 0.2) is 41.4 Å². The summed E-state index contributed by atoms with van der Waals surface area (Å²) in [6.45, 7) is -0.969. The van der Waals surface area contributed by atoms with Gasteiger partial charge in [0, 0.05) is 29.9 Å².